The first kappa shape index (κ1) is 24.9. The lowest BCUT2D eigenvalue weighted by Crippen LogP contribution is -2.66. The van der Waals surface area contributed by atoms with Gasteiger partial charge in [0.05, 0.1) is 0 Å². The molecule has 34 heavy (non-hydrogen) atoms. The van der Waals surface area contributed by atoms with Gasteiger partial charge in [-0.15, -0.1) is 0 Å². The van der Waals surface area contributed by atoms with E-state index in [1.165, 1.54) is 51.4 Å². The third kappa shape index (κ3) is 3.08. The summed E-state index contributed by atoms with van der Waals surface area (Å²) in [5, 5.41) is 0. The normalized spacial score (nSPS) is 54.0. The molecule has 0 spiro atoms. The zero-order chi connectivity index (χ0) is 24.9. The SMILES string of the molecule is CC(=O)O[C@H]1CCC2C(=CC[C@@H]3[C@@]2(C)CC[C@@]2(C)[C@@H]4[C@@H](C)[C@H](C)CC[C@]4(C)CC[C@]32C)C1(C)C. The summed E-state index contributed by atoms with van der Waals surface area (Å²) in [5.41, 5.74) is 3.31. The standard InChI is InChI=1S/C32H52O2/c1-20-14-15-29(6)16-18-31(8)25-12-10-23-24(11-13-26(28(23,4)5)34-22(3)33)30(25,7)17-19-32(31,9)27(29)21(20)2/h10,20-21,24-27H,11-19H2,1-9H3/t20-,21+,24?,25-,26+,27-,29-,30+,31-,32+/m1/s1. The number of fused-ring (bicyclic) bond motifs is 7. The molecule has 0 aromatic rings. The molecule has 5 aliphatic carbocycles. The van der Waals surface area contributed by atoms with Gasteiger partial charge in [0.2, 0.25) is 0 Å². The van der Waals surface area contributed by atoms with Crippen molar-refractivity contribution in [3.63, 3.8) is 0 Å². The van der Waals surface area contributed by atoms with E-state index in [1.807, 2.05) is 0 Å². The molecule has 2 heteroatoms. The number of hydrogen-bond acceptors (Lipinski definition) is 2. The number of rotatable bonds is 1. The van der Waals surface area contributed by atoms with Gasteiger partial charge in [-0.25, -0.2) is 0 Å². The molecular formula is C32H52O2. The molecule has 10 atom stereocenters. The molecular weight excluding hydrogens is 416 g/mol. The van der Waals surface area contributed by atoms with Crippen molar-refractivity contribution < 1.29 is 9.53 Å². The Labute approximate surface area is 210 Å². The zero-order valence-electron chi connectivity index (χ0n) is 23.7. The van der Waals surface area contributed by atoms with Crippen LogP contribution in [0.15, 0.2) is 11.6 Å². The van der Waals surface area contributed by atoms with Gasteiger partial charge in [-0.05, 0) is 109 Å². The second-order valence-electron chi connectivity index (χ2n) is 15.2. The molecule has 0 amide bonds. The van der Waals surface area contributed by atoms with E-state index >= 15 is 0 Å². The van der Waals surface area contributed by atoms with Gasteiger partial charge in [-0.1, -0.05) is 67.0 Å². The van der Waals surface area contributed by atoms with Crippen LogP contribution in [0.5, 0.6) is 0 Å². The summed E-state index contributed by atoms with van der Waals surface area (Å²) >= 11 is 0. The maximum atomic E-state index is 11.8. The zero-order valence-corrected chi connectivity index (χ0v) is 23.7. The van der Waals surface area contributed by atoms with Crippen LogP contribution in [0.2, 0.25) is 0 Å². The fraction of sp³-hybridized carbons (Fsp3) is 0.906. The lowest BCUT2D eigenvalue weighted by molar-refractivity contribution is -0.238. The molecule has 0 radical (unpaired) electrons. The van der Waals surface area contributed by atoms with Gasteiger partial charge in [-0.2, -0.15) is 0 Å². The van der Waals surface area contributed by atoms with E-state index in [0.717, 1.165) is 30.1 Å². The second-order valence-corrected chi connectivity index (χ2v) is 15.2. The van der Waals surface area contributed by atoms with Crippen LogP contribution in [0.3, 0.4) is 0 Å². The van der Waals surface area contributed by atoms with Gasteiger partial charge in [0, 0.05) is 12.3 Å². The number of hydrogen-bond donors (Lipinski definition) is 0. The molecule has 0 heterocycles. The predicted octanol–water partition coefficient (Wildman–Crippen LogP) is 8.60. The van der Waals surface area contributed by atoms with Gasteiger partial charge in [0.15, 0.2) is 0 Å². The number of carbonyl (C=O) groups is 1. The van der Waals surface area contributed by atoms with Crippen molar-refractivity contribution in [1.29, 1.82) is 0 Å². The van der Waals surface area contributed by atoms with Gasteiger partial charge in [-0.3, -0.25) is 4.79 Å². The maximum Gasteiger partial charge on any atom is 0.302 e. The molecule has 0 aromatic heterocycles. The average molecular weight is 469 g/mol. The third-order valence-corrected chi connectivity index (χ3v) is 13.6. The topological polar surface area (TPSA) is 26.3 Å². The third-order valence-electron chi connectivity index (χ3n) is 13.6. The van der Waals surface area contributed by atoms with Crippen molar-refractivity contribution in [2.75, 3.05) is 0 Å². The number of allylic oxidation sites excluding steroid dienone is 1. The summed E-state index contributed by atoms with van der Waals surface area (Å²) in [5.74, 6) is 3.84. The second kappa shape index (κ2) is 7.61. The average Bonchev–Trinajstić information content (AvgIpc) is 2.74. The molecule has 0 N–H and O–H groups in total. The minimum Gasteiger partial charge on any atom is -0.462 e. The molecule has 2 nitrogen and oxygen atoms in total. The lowest BCUT2D eigenvalue weighted by atomic mass is 9.31. The van der Waals surface area contributed by atoms with Crippen LogP contribution in [0.4, 0.5) is 0 Å². The Morgan fingerprint density at radius 2 is 1.56 bits per heavy atom. The minimum absolute atomic E-state index is 0.0251. The van der Waals surface area contributed by atoms with Crippen molar-refractivity contribution in [1.82, 2.24) is 0 Å². The van der Waals surface area contributed by atoms with Crippen LogP contribution in [0.25, 0.3) is 0 Å². The van der Waals surface area contributed by atoms with Crippen molar-refractivity contribution in [3.05, 3.63) is 11.6 Å². The van der Waals surface area contributed by atoms with Crippen LogP contribution in [0, 0.1) is 56.7 Å². The van der Waals surface area contributed by atoms with E-state index in [-0.39, 0.29) is 17.5 Å². The van der Waals surface area contributed by atoms with Crippen molar-refractivity contribution in [2.24, 2.45) is 56.7 Å². The highest BCUT2D eigenvalue weighted by atomic mass is 16.5. The highest BCUT2D eigenvalue weighted by molar-refractivity contribution is 5.66. The Morgan fingerprint density at radius 3 is 2.24 bits per heavy atom. The Hall–Kier alpha value is -0.790. The summed E-state index contributed by atoms with van der Waals surface area (Å²) in [7, 11) is 0. The van der Waals surface area contributed by atoms with Gasteiger partial charge in [0.1, 0.15) is 6.10 Å². The summed E-state index contributed by atoms with van der Waals surface area (Å²) in [6, 6.07) is 0. The molecule has 0 bridgehead atoms. The first-order valence-electron chi connectivity index (χ1n) is 14.6. The summed E-state index contributed by atoms with van der Waals surface area (Å²) in [4.78, 5) is 11.8. The molecule has 4 saturated carbocycles. The molecule has 0 aliphatic heterocycles. The van der Waals surface area contributed by atoms with Gasteiger partial charge < -0.3 is 4.74 Å². The molecule has 4 fully saturated rings. The fourth-order valence-electron chi connectivity index (χ4n) is 11.4. The Morgan fingerprint density at radius 1 is 0.882 bits per heavy atom. The smallest absolute Gasteiger partial charge is 0.302 e. The van der Waals surface area contributed by atoms with Crippen LogP contribution < -0.4 is 0 Å². The quantitative estimate of drug-likeness (QED) is 0.284. The van der Waals surface area contributed by atoms with Crippen LogP contribution in [-0.4, -0.2) is 12.1 Å². The van der Waals surface area contributed by atoms with E-state index in [1.54, 1.807) is 12.5 Å². The summed E-state index contributed by atoms with van der Waals surface area (Å²) in [6.45, 7) is 22.2. The molecule has 0 aromatic carbocycles. The van der Waals surface area contributed by atoms with Gasteiger partial charge >= 0.3 is 5.97 Å². The van der Waals surface area contributed by atoms with E-state index < -0.39 is 0 Å². The molecule has 192 valence electrons. The van der Waals surface area contributed by atoms with Crippen LogP contribution in [0.1, 0.15) is 120 Å². The first-order valence-corrected chi connectivity index (χ1v) is 14.6. The van der Waals surface area contributed by atoms with Crippen molar-refractivity contribution >= 4 is 5.97 Å². The molecule has 5 rings (SSSR count). The molecule has 1 unspecified atom stereocenters. The minimum atomic E-state index is -0.126. The number of esters is 1. The number of ether oxygens (including phenoxy) is 1. The largest absolute Gasteiger partial charge is 0.462 e. The van der Waals surface area contributed by atoms with Gasteiger partial charge in [0.25, 0.3) is 0 Å². The summed E-state index contributed by atoms with van der Waals surface area (Å²) in [6.07, 6.45) is 14.5. The highest BCUT2D eigenvalue weighted by Gasteiger charge is 2.69. The Kier molecular flexibility index (Phi) is 5.57. The van der Waals surface area contributed by atoms with Crippen LogP contribution >= 0.6 is 0 Å². The van der Waals surface area contributed by atoms with E-state index in [2.05, 4.69) is 61.5 Å². The monoisotopic (exact) mass is 468 g/mol. The fourth-order valence-corrected chi connectivity index (χ4v) is 11.4. The van der Waals surface area contributed by atoms with E-state index in [9.17, 15) is 4.79 Å². The molecule has 5 aliphatic rings. The van der Waals surface area contributed by atoms with Crippen molar-refractivity contribution in [2.45, 2.75) is 126 Å². The Bertz CT molecular complexity index is 885. The first-order chi connectivity index (χ1) is 15.7. The maximum absolute atomic E-state index is 11.8. The van der Waals surface area contributed by atoms with E-state index in [0.29, 0.717) is 27.6 Å². The molecule has 0 saturated heterocycles. The predicted molar refractivity (Wildman–Crippen MR) is 140 cm³/mol. The number of carbonyl (C=O) groups excluding carboxylic acids is 1. The van der Waals surface area contributed by atoms with Crippen LogP contribution in [-0.2, 0) is 9.53 Å². The summed E-state index contributed by atoms with van der Waals surface area (Å²) < 4.78 is 5.86. The Balaban J connectivity index is 1.54. The van der Waals surface area contributed by atoms with E-state index in [4.69, 9.17) is 4.74 Å². The highest BCUT2D eigenvalue weighted by Crippen LogP contribution is 2.77. The van der Waals surface area contributed by atoms with Crippen molar-refractivity contribution in [3.8, 4) is 0 Å². The lowest BCUT2D eigenvalue weighted by Gasteiger charge is -2.73.